The number of rotatable bonds is 5. The first-order chi connectivity index (χ1) is 12.1. The summed E-state index contributed by atoms with van der Waals surface area (Å²) in [4.78, 5) is 14.2. The third-order valence-electron chi connectivity index (χ3n) is 3.81. The second-order valence-corrected chi connectivity index (χ2v) is 5.47. The molecule has 2 heterocycles. The van der Waals surface area contributed by atoms with Crippen LogP contribution in [-0.4, -0.2) is 38.7 Å². The van der Waals surface area contributed by atoms with Gasteiger partial charge in [-0.2, -0.15) is 10.4 Å². The maximum Gasteiger partial charge on any atom is 0.259 e. The van der Waals surface area contributed by atoms with Gasteiger partial charge in [0.1, 0.15) is 17.1 Å². The third kappa shape index (κ3) is 3.15. The minimum absolute atomic E-state index is 0.239. The van der Waals surface area contributed by atoms with Crippen LogP contribution >= 0.6 is 0 Å². The summed E-state index contributed by atoms with van der Waals surface area (Å²) in [5.41, 5.74) is 0.588. The Morgan fingerprint density at radius 3 is 2.68 bits per heavy atom. The number of carbonyl (C=O) groups is 1. The van der Waals surface area contributed by atoms with E-state index >= 15 is 0 Å². The first kappa shape index (κ1) is 16.5. The molecule has 2 aromatic heterocycles. The van der Waals surface area contributed by atoms with Gasteiger partial charge in [0.2, 0.25) is 0 Å². The highest BCUT2D eigenvalue weighted by Crippen LogP contribution is 2.22. The number of aromatic nitrogens is 3. The largest absolute Gasteiger partial charge is 0.341 e. The first-order valence-corrected chi connectivity index (χ1v) is 7.72. The van der Waals surface area contributed by atoms with E-state index in [1.807, 2.05) is 18.2 Å². The summed E-state index contributed by atoms with van der Waals surface area (Å²) in [6, 6.07) is 11.9. The highest BCUT2D eigenvalue weighted by Gasteiger charge is 2.23. The summed E-state index contributed by atoms with van der Waals surface area (Å²) in [6.45, 7) is 0.311. The van der Waals surface area contributed by atoms with Gasteiger partial charge in [0.15, 0.2) is 5.82 Å². The molecule has 25 heavy (non-hydrogen) atoms. The Hall–Kier alpha value is -3.40. The van der Waals surface area contributed by atoms with Crippen molar-refractivity contribution >= 4 is 5.91 Å². The summed E-state index contributed by atoms with van der Waals surface area (Å²) in [7, 11) is 1.62. The van der Waals surface area contributed by atoms with Crippen LogP contribution in [0, 0.1) is 17.1 Å². The van der Waals surface area contributed by atoms with E-state index in [9.17, 15) is 9.18 Å². The molecule has 0 radical (unpaired) electrons. The predicted octanol–water partition coefficient (Wildman–Crippen LogP) is 2.79. The SMILES string of the molecule is CN(CCC#N)C(=O)c1cnn(-c2ccccc2F)c1-n1cccc1. The highest BCUT2D eigenvalue weighted by atomic mass is 19.1. The van der Waals surface area contributed by atoms with Crippen LogP contribution in [-0.2, 0) is 0 Å². The van der Waals surface area contributed by atoms with Crippen LogP contribution in [0.3, 0.4) is 0 Å². The second-order valence-electron chi connectivity index (χ2n) is 5.47. The molecular weight excluding hydrogens is 321 g/mol. The third-order valence-corrected chi connectivity index (χ3v) is 3.81. The molecule has 0 bridgehead atoms. The number of nitriles is 1. The van der Waals surface area contributed by atoms with Gasteiger partial charge in [0.25, 0.3) is 5.91 Å². The van der Waals surface area contributed by atoms with Crippen molar-refractivity contribution in [2.75, 3.05) is 13.6 Å². The van der Waals surface area contributed by atoms with Crippen LogP contribution in [0.15, 0.2) is 55.0 Å². The van der Waals surface area contributed by atoms with E-state index in [4.69, 9.17) is 5.26 Å². The summed E-state index contributed by atoms with van der Waals surface area (Å²) in [5.74, 6) is -0.263. The minimum atomic E-state index is -0.434. The van der Waals surface area contributed by atoms with E-state index in [1.165, 1.54) is 21.8 Å². The molecule has 0 saturated carbocycles. The number of para-hydroxylation sites is 1. The maximum absolute atomic E-state index is 14.2. The molecule has 0 aliphatic carbocycles. The summed E-state index contributed by atoms with van der Waals surface area (Å²) in [5, 5.41) is 12.9. The van der Waals surface area contributed by atoms with Crippen LogP contribution < -0.4 is 0 Å². The van der Waals surface area contributed by atoms with Gasteiger partial charge < -0.3 is 9.47 Å². The Morgan fingerprint density at radius 2 is 2.00 bits per heavy atom. The minimum Gasteiger partial charge on any atom is -0.341 e. The van der Waals surface area contributed by atoms with Crippen LogP contribution in [0.25, 0.3) is 11.5 Å². The zero-order chi connectivity index (χ0) is 17.8. The van der Waals surface area contributed by atoms with Crippen molar-refractivity contribution in [3.05, 3.63) is 66.4 Å². The molecule has 1 aromatic carbocycles. The number of carbonyl (C=O) groups excluding carboxylic acids is 1. The fourth-order valence-corrected chi connectivity index (χ4v) is 2.54. The molecule has 3 rings (SSSR count). The van der Waals surface area contributed by atoms with Gasteiger partial charge in [0, 0.05) is 26.0 Å². The predicted molar refractivity (Wildman–Crippen MR) is 90.0 cm³/mol. The molecular formula is C18H16FN5O. The number of hydrogen-bond acceptors (Lipinski definition) is 3. The molecule has 126 valence electrons. The number of amides is 1. The van der Waals surface area contributed by atoms with Crippen molar-refractivity contribution < 1.29 is 9.18 Å². The number of hydrogen-bond donors (Lipinski definition) is 0. The highest BCUT2D eigenvalue weighted by molar-refractivity contribution is 5.97. The van der Waals surface area contributed by atoms with Gasteiger partial charge in [0.05, 0.1) is 18.7 Å². The van der Waals surface area contributed by atoms with E-state index < -0.39 is 5.82 Å². The summed E-state index contributed by atoms with van der Waals surface area (Å²) >= 11 is 0. The fraction of sp³-hybridized carbons (Fsp3) is 0.167. The quantitative estimate of drug-likeness (QED) is 0.719. The van der Waals surface area contributed by atoms with E-state index in [0.717, 1.165) is 0 Å². The fourth-order valence-electron chi connectivity index (χ4n) is 2.54. The van der Waals surface area contributed by atoms with Gasteiger partial charge in [-0.1, -0.05) is 12.1 Å². The van der Waals surface area contributed by atoms with Gasteiger partial charge in [-0.3, -0.25) is 4.79 Å². The number of nitrogens with zero attached hydrogens (tertiary/aromatic N) is 5. The van der Waals surface area contributed by atoms with E-state index in [1.54, 1.807) is 42.2 Å². The van der Waals surface area contributed by atoms with E-state index in [-0.39, 0.29) is 18.0 Å². The lowest BCUT2D eigenvalue weighted by molar-refractivity contribution is 0.0798. The smallest absolute Gasteiger partial charge is 0.259 e. The van der Waals surface area contributed by atoms with Crippen LogP contribution in [0.5, 0.6) is 0 Å². The molecule has 0 fully saturated rings. The topological polar surface area (TPSA) is 66.8 Å². The molecule has 0 aliphatic rings. The average Bonchev–Trinajstić information content (AvgIpc) is 3.28. The van der Waals surface area contributed by atoms with Gasteiger partial charge in [-0.25, -0.2) is 9.07 Å². The molecule has 0 unspecified atom stereocenters. The first-order valence-electron chi connectivity index (χ1n) is 7.72. The lowest BCUT2D eigenvalue weighted by atomic mass is 10.2. The van der Waals surface area contributed by atoms with Gasteiger partial charge >= 0.3 is 0 Å². The standard InChI is InChI=1S/C18H16FN5O/c1-22(10-6-9-20)18(25)14-13-21-24(16-8-3-2-7-15(16)19)17(14)23-11-4-5-12-23/h2-5,7-8,11-13H,6,10H2,1H3. The van der Waals surface area contributed by atoms with Crippen molar-refractivity contribution in [3.63, 3.8) is 0 Å². The molecule has 1 amide bonds. The van der Waals surface area contributed by atoms with Crippen LogP contribution in [0.1, 0.15) is 16.8 Å². The average molecular weight is 337 g/mol. The normalized spacial score (nSPS) is 10.4. The number of benzene rings is 1. The van der Waals surface area contributed by atoms with Crippen molar-refractivity contribution in [3.8, 4) is 17.6 Å². The molecule has 0 aliphatic heterocycles. The molecule has 6 nitrogen and oxygen atoms in total. The molecule has 0 N–H and O–H groups in total. The zero-order valence-corrected chi connectivity index (χ0v) is 13.6. The second kappa shape index (κ2) is 7.01. The van der Waals surface area contributed by atoms with Crippen molar-refractivity contribution in [2.24, 2.45) is 0 Å². The Labute approximate surface area is 144 Å². The van der Waals surface area contributed by atoms with Crippen LogP contribution in [0.2, 0.25) is 0 Å². The lowest BCUT2D eigenvalue weighted by Crippen LogP contribution is -2.28. The molecule has 3 aromatic rings. The maximum atomic E-state index is 14.2. The Morgan fingerprint density at radius 1 is 1.28 bits per heavy atom. The molecule has 7 heteroatoms. The van der Waals surface area contributed by atoms with Crippen molar-refractivity contribution in [2.45, 2.75) is 6.42 Å². The summed E-state index contributed by atoms with van der Waals surface area (Å²) < 4.78 is 17.3. The van der Waals surface area contributed by atoms with Gasteiger partial charge in [-0.05, 0) is 24.3 Å². The Kier molecular flexibility index (Phi) is 4.61. The molecule has 0 atom stereocenters. The lowest BCUT2D eigenvalue weighted by Gasteiger charge is -2.16. The Balaban J connectivity index is 2.11. The van der Waals surface area contributed by atoms with Crippen molar-refractivity contribution in [1.29, 1.82) is 5.26 Å². The van der Waals surface area contributed by atoms with Crippen LogP contribution in [0.4, 0.5) is 4.39 Å². The Bertz CT molecular complexity index is 923. The zero-order valence-electron chi connectivity index (χ0n) is 13.6. The summed E-state index contributed by atoms with van der Waals surface area (Å²) in [6.07, 6.45) is 5.19. The monoisotopic (exact) mass is 337 g/mol. The van der Waals surface area contributed by atoms with E-state index in [0.29, 0.717) is 17.9 Å². The van der Waals surface area contributed by atoms with Gasteiger partial charge in [-0.15, -0.1) is 0 Å². The molecule has 0 spiro atoms. The number of halogens is 1. The van der Waals surface area contributed by atoms with E-state index in [2.05, 4.69) is 5.10 Å². The molecule has 0 saturated heterocycles. The van der Waals surface area contributed by atoms with Crippen molar-refractivity contribution in [1.82, 2.24) is 19.2 Å².